The first kappa shape index (κ1) is 21.1. The molecule has 164 valence electrons. The fourth-order valence-corrected chi connectivity index (χ4v) is 3.72. The quantitative estimate of drug-likeness (QED) is 0.652. The van der Waals surface area contributed by atoms with Gasteiger partial charge in [0.2, 0.25) is 11.8 Å². The molecule has 0 spiro atoms. The molecule has 1 aliphatic heterocycles. The molecule has 1 atom stereocenters. The molecule has 31 heavy (non-hydrogen) atoms. The van der Waals surface area contributed by atoms with Gasteiger partial charge in [0.15, 0.2) is 0 Å². The smallest absolute Gasteiger partial charge is 0.338 e. The average molecular weight is 425 g/mol. The van der Waals surface area contributed by atoms with Gasteiger partial charge in [-0.25, -0.2) is 4.79 Å². The fraction of sp³-hybridized carbons (Fsp3) is 0.478. The molecule has 1 unspecified atom stereocenters. The Hall–Kier alpha value is -3.16. The topological polar surface area (TPSA) is 102 Å². The van der Waals surface area contributed by atoms with Gasteiger partial charge >= 0.3 is 5.97 Å². The molecule has 8 heteroatoms. The van der Waals surface area contributed by atoms with Crippen LogP contribution in [0.25, 0.3) is 0 Å². The molecule has 1 saturated heterocycles. The summed E-state index contributed by atoms with van der Waals surface area (Å²) in [5.41, 5.74) is 2.10. The minimum absolute atomic E-state index is 0.100. The zero-order chi connectivity index (χ0) is 21.8. The van der Waals surface area contributed by atoms with E-state index in [1.165, 1.54) is 0 Å². The Kier molecular flexibility index (Phi) is 6.34. The van der Waals surface area contributed by atoms with E-state index in [9.17, 15) is 14.4 Å². The number of likely N-dealkylation sites (tertiary alicyclic amines) is 1. The number of rotatable bonds is 8. The predicted octanol–water partition coefficient (Wildman–Crippen LogP) is 2.40. The van der Waals surface area contributed by atoms with E-state index in [0.717, 1.165) is 30.5 Å². The van der Waals surface area contributed by atoms with E-state index in [2.05, 4.69) is 10.5 Å². The minimum Gasteiger partial charge on any atom is -0.462 e. The molecule has 2 aromatic rings. The molecule has 2 fully saturated rings. The van der Waals surface area contributed by atoms with Crippen LogP contribution in [0.15, 0.2) is 34.9 Å². The van der Waals surface area contributed by atoms with Crippen molar-refractivity contribution in [2.24, 2.45) is 5.92 Å². The maximum atomic E-state index is 12.7. The van der Waals surface area contributed by atoms with Crippen LogP contribution in [0.2, 0.25) is 0 Å². The van der Waals surface area contributed by atoms with Crippen molar-refractivity contribution in [3.63, 3.8) is 0 Å². The normalized spacial score (nSPS) is 18.1. The number of aryl methyl sites for hydroxylation is 1. The first-order valence-electron chi connectivity index (χ1n) is 10.7. The van der Waals surface area contributed by atoms with Crippen LogP contribution in [-0.4, -0.2) is 47.0 Å². The van der Waals surface area contributed by atoms with E-state index in [-0.39, 0.29) is 24.2 Å². The van der Waals surface area contributed by atoms with Gasteiger partial charge in [-0.2, -0.15) is 0 Å². The molecule has 1 saturated carbocycles. The molecule has 2 aliphatic rings. The third-order valence-electron chi connectivity index (χ3n) is 5.68. The van der Waals surface area contributed by atoms with Crippen molar-refractivity contribution in [1.29, 1.82) is 0 Å². The van der Waals surface area contributed by atoms with Crippen LogP contribution in [-0.2, 0) is 27.3 Å². The van der Waals surface area contributed by atoms with Crippen LogP contribution in [0.1, 0.15) is 53.1 Å². The Balaban J connectivity index is 1.27. The highest BCUT2D eigenvalue weighted by atomic mass is 16.5. The van der Waals surface area contributed by atoms with Crippen molar-refractivity contribution >= 4 is 17.8 Å². The van der Waals surface area contributed by atoms with Crippen molar-refractivity contribution < 1.29 is 23.6 Å². The van der Waals surface area contributed by atoms with Crippen molar-refractivity contribution in [2.75, 3.05) is 13.2 Å². The lowest BCUT2D eigenvalue weighted by Gasteiger charge is -2.23. The number of ether oxygens (including phenoxy) is 1. The van der Waals surface area contributed by atoms with E-state index in [4.69, 9.17) is 9.26 Å². The molecule has 0 bridgehead atoms. The second-order valence-electron chi connectivity index (χ2n) is 8.31. The monoisotopic (exact) mass is 425 g/mol. The molecule has 1 aliphatic carbocycles. The van der Waals surface area contributed by atoms with Crippen LogP contribution in [0.5, 0.6) is 0 Å². The van der Waals surface area contributed by atoms with Gasteiger partial charge in [0.25, 0.3) is 0 Å². The van der Waals surface area contributed by atoms with Crippen molar-refractivity contribution in [3.8, 4) is 0 Å². The number of carbonyl (C=O) groups excluding carboxylic acids is 3. The van der Waals surface area contributed by atoms with Crippen LogP contribution in [0, 0.1) is 12.8 Å². The largest absolute Gasteiger partial charge is 0.462 e. The van der Waals surface area contributed by atoms with E-state index < -0.39 is 6.04 Å². The number of hydrogen-bond donors (Lipinski definition) is 1. The first-order valence-corrected chi connectivity index (χ1v) is 10.7. The van der Waals surface area contributed by atoms with Crippen LogP contribution in [0.4, 0.5) is 0 Å². The SMILES string of the molecule is Cc1cc(CC(=O)N2CCCC2C(=O)NCc2ccc(C(=O)OCC3CC3)cc2)on1. The Morgan fingerprint density at radius 2 is 1.97 bits per heavy atom. The number of nitrogens with zero attached hydrogens (tertiary/aromatic N) is 2. The summed E-state index contributed by atoms with van der Waals surface area (Å²) in [5.74, 6) is 0.407. The number of hydrogen-bond acceptors (Lipinski definition) is 6. The summed E-state index contributed by atoms with van der Waals surface area (Å²) < 4.78 is 10.4. The van der Waals surface area contributed by atoms with Crippen LogP contribution >= 0.6 is 0 Å². The number of nitrogens with one attached hydrogen (secondary N) is 1. The number of benzene rings is 1. The molecule has 2 amide bonds. The summed E-state index contributed by atoms with van der Waals surface area (Å²) in [6.45, 7) is 3.17. The molecule has 0 radical (unpaired) electrons. The average Bonchev–Trinajstić information content (AvgIpc) is 3.30. The summed E-state index contributed by atoms with van der Waals surface area (Å²) in [6.07, 6.45) is 3.80. The molecule has 4 rings (SSSR count). The van der Waals surface area contributed by atoms with Gasteiger partial charge in [0.1, 0.15) is 11.8 Å². The van der Waals surface area contributed by atoms with Crippen molar-refractivity contribution in [3.05, 3.63) is 52.9 Å². The highest BCUT2D eigenvalue weighted by Crippen LogP contribution is 2.29. The standard InChI is InChI=1S/C23H27N3O5/c1-15-11-19(31-25-15)12-21(27)26-10-2-3-20(26)22(28)24-13-16-6-8-18(9-7-16)23(29)30-14-17-4-5-17/h6-9,11,17,20H,2-5,10,12-14H2,1H3,(H,24,28). The summed E-state index contributed by atoms with van der Waals surface area (Å²) in [7, 11) is 0. The van der Waals surface area contributed by atoms with E-state index in [1.807, 2.05) is 0 Å². The maximum absolute atomic E-state index is 12.7. The number of esters is 1. The van der Waals surface area contributed by atoms with Crippen LogP contribution < -0.4 is 5.32 Å². The Morgan fingerprint density at radius 3 is 2.65 bits per heavy atom. The van der Waals surface area contributed by atoms with Gasteiger partial charge in [-0.05, 0) is 56.2 Å². The Bertz CT molecular complexity index is 948. The fourth-order valence-electron chi connectivity index (χ4n) is 3.72. The molecular formula is C23H27N3O5. The minimum atomic E-state index is -0.479. The molecule has 1 N–H and O–H groups in total. The lowest BCUT2D eigenvalue weighted by atomic mass is 10.1. The molecule has 1 aromatic heterocycles. The molecule has 1 aromatic carbocycles. The Labute approximate surface area is 180 Å². The van der Waals surface area contributed by atoms with Crippen LogP contribution in [0.3, 0.4) is 0 Å². The highest BCUT2D eigenvalue weighted by molar-refractivity contribution is 5.90. The summed E-state index contributed by atoms with van der Waals surface area (Å²) in [6, 6.07) is 8.28. The van der Waals surface area contributed by atoms with E-state index in [0.29, 0.717) is 43.4 Å². The van der Waals surface area contributed by atoms with Gasteiger partial charge in [0, 0.05) is 19.2 Å². The van der Waals surface area contributed by atoms with E-state index >= 15 is 0 Å². The van der Waals surface area contributed by atoms with Gasteiger partial charge in [-0.1, -0.05) is 17.3 Å². The second kappa shape index (κ2) is 9.32. The molecular weight excluding hydrogens is 398 g/mol. The number of carbonyl (C=O) groups is 3. The Morgan fingerprint density at radius 1 is 1.19 bits per heavy atom. The van der Waals surface area contributed by atoms with Crippen molar-refractivity contribution in [2.45, 2.75) is 51.6 Å². The number of amides is 2. The van der Waals surface area contributed by atoms with Gasteiger partial charge in [-0.15, -0.1) is 0 Å². The second-order valence-corrected chi connectivity index (χ2v) is 8.31. The van der Waals surface area contributed by atoms with Gasteiger partial charge < -0.3 is 19.5 Å². The molecule has 8 nitrogen and oxygen atoms in total. The maximum Gasteiger partial charge on any atom is 0.338 e. The molecule has 2 heterocycles. The van der Waals surface area contributed by atoms with Gasteiger partial charge in [0.05, 0.1) is 24.3 Å². The zero-order valence-corrected chi connectivity index (χ0v) is 17.6. The summed E-state index contributed by atoms with van der Waals surface area (Å²) >= 11 is 0. The zero-order valence-electron chi connectivity index (χ0n) is 17.6. The summed E-state index contributed by atoms with van der Waals surface area (Å²) in [4.78, 5) is 39.0. The highest BCUT2D eigenvalue weighted by Gasteiger charge is 2.34. The number of aromatic nitrogens is 1. The first-order chi connectivity index (χ1) is 15.0. The summed E-state index contributed by atoms with van der Waals surface area (Å²) in [5, 5.41) is 6.70. The van der Waals surface area contributed by atoms with Gasteiger partial charge in [-0.3, -0.25) is 9.59 Å². The third-order valence-corrected chi connectivity index (χ3v) is 5.68. The lowest BCUT2D eigenvalue weighted by Crippen LogP contribution is -2.46. The van der Waals surface area contributed by atoms with Crippen molar-refractivity contribution in [1.82, 2.24) is 15.4 Å². The van der Waals surface area contributed by atoms with E-state index in [1.54, 1.807) is 42.2 Å². The third kappa shape index (κ3) is 5.51. The predicted molar refractivity (Wildman–Crippen MR) is 111 cm³/mol. The lowest BCUT2D eigenvalue weighted by molar-refractivity contribution is -0.138.